The highest BCUT2D eigenvalue weighted by molar-refractivity contribution is 5.24. The fraction of sp³-hybridized carbons (Fsp3) is 0.455. The first-order valence-corrected chi connectivity index (χ1v) is 4.43. The molecule has 0 unspecified atom stereocenters. The van der Waals surface area contributed by atoms with Gasteiger partial charge in [0.05, 0.1) is 0 Å². The SMILES string of the molecule is Cc1cccc([C@H](N)C(C)C)c1. The first-order valence-electron chi connectivity index (χ1n) is 4.43. The summed E-state index contributed by atoms with van der Waals surface area (Å²) in [5.41, 5.74) is 8.53. The van der Waals surface area contributed by atoms with Crippen LogP contribution in [-0.4, -0.2) is 0 Å². The van der Waals surface area contributed by atoms with E-state index in [-0.39, 0.29) is 6.04 Å². The molecule has 0 aliphatic rings. The Bertz CT molecular complexity index is 253. The Morgan fingerprint density at radius 1 is 1.25 bits per heavy atom. The van der Waals surface area contributed by atoms with Crippen LogP contribution >= 0.6 is 0 Å². The highest BCUT2D eigenvalue weighted by Gasteiger charge is 2.09. The van der Waals surface area contributed by atoms with E-state index in [9.17, 15) is 0 Å². The maximum atomic E-state index is 6.01. The van der Waals surface area contributed by atoms with Gasteiger partial charge in [0.2, 0.25) is 0 Å². The lowest BCUT2D eigenvalue weighted by Gasteiger charge is -2.16. The van der Waals surface area contributed by atoms with Crippen molar-refractivity contribution < 1.29 is 0 Å². The van der Waals surface area contributed by atoms with Crippen molar-refractivity contribution >= 4 is 0 Å². The second-order valence-electron chi connectivity index (χ2n) is 3.68. The predicted molar refractivity (Wildman–Crippen MR) is 52.9 cm³/mol. The Morgan fingerprint density at radius 2 is 1.92 bits per heavy atom. The van der Waals surface area contributed by atoms with Crippen LogP contribution in [0.25, 0.3) is 0 Å². The molecule has 12 heavy (non-hydrogen) atoms. The highest BCUT2D eigenvalue weighted by atomic mass is 14.6. The average Bonchev–Trinajstić information content (AvgIpc) is 2.03. The molecule has 0 amide bonds. The van der Waals surface area contributed by atoms with Crippen LogP contribution < -0.4 is 5.73 Å². The summed E-state index contributed by atoms with van der Waals surface area (Å²) in [6.45, 7) is 6.39. The molecule has 0 aliphatic carbocycles. The summed E-state index contributed by atoms with van der Waals surface area (Å²) in [7, 11) is 0. The molecule has 1 aromatic rings. The molecular weight excluding hydrogens is 146 g/mol. The van der Waals surface area contributed by atoms with Gasteiger partial charge in [0.25, 0.3) is 0 Å². The van der Waals surface area contributed by atoms with Crippen molar-refractivity contribution in [1.82, 2.24) is 0 Å². The molecule has 66 valence electrons. The smallest absolute Gasteiger partial charge is 0.0318 e. The van der Waals surface area contributed by atoms with Crippen LogP contribution in [-0.2, 0) is 0 Å². The van der Waals surface area contributed by atoms with Crippen molar-refractivity contribution in [3.05, 3.63) is 35.4 Å². The topological polar surface area (TPSA) is 26.0 Å². The lowest BCUT2D eigenvalue weighted by atomic mass is 9.96. The third-order valence-electron chi connectivity index (χ3n) is 2.15. The molecule has 0 spiro atoms. The molecule has 1 atom stereocenters. The Morgan fingerprint density at radius 3 is 2.42 bits per heavy atom. The van der Waals surface area contributed by atoms with E-state index in [2.05, 4.69) is 45.0 Å². The molecule has 0 radical (unpaired) electrons. The lowest BCUT2D eigenvalue weighted by molar-refractivity contribution is 0.514. The minimum Gasteiger partial charge on any atom is -0.324 e. The Kier molecular flexibility index (Phi) is 2.88. The van der Waals surface area contributed by atoms with E-state index < -0.39 is 0 Å². The zero-order valence-corrected chi connectivity index (χ0v) is 8.04. The van der Waals surface area contributed by atoms with Gasteiger partial charge < -0.3 is 5.73 Å². The molecule has 1 rings (SSSR count). The maximum Gasteiger partial charge on any atom is 0.0318 e. The van der Waals surface area contributed by atoms with E-state index in [1.807, 2.05) is 0 Å². The van der Waals surface area contributed by atoms with Crippen molar-refractivity contribution in [3.8, 4) is 0 Å². The van der Waals surface area contributed by atoms with Gasteiger partial charge in [0.1, 0.15) is 0 Å². The largest absolute Gasteiger partial charge is 0.324 e. The minimum absolute atomic E-state index is 0.171. The monoisotopic (exact) mass is 163 g/mol. The van der Waals surface area contributed by atoms with Crippen LogP contribution in [0.2, 0.25) is 0 Å². The summed E-state index contributed by atoms with van der Waals surface area (Å²) in [5, 5.41) is 0. The summed E-state index contributed by atoms with van der Waals surface area (Å²) in [4.78, 5) is 0. The first-order chi connectivity index (χ1) is 5.61. The number of nitrogens with two attached hydrogens (primary N) is 1. The van der Waals surface area contributed by atoms with Crippen molar-refractivity contribution in [3.63, 3.8) is 0 Å². The van der Waals surface area contributed by atoms with Crippen LogP contribution in [0.3, 0.4) is 0 Å². The number of rotatable bonds is 2. The molecule has 0 saturated heterocycles. The number of hydrogen-bond acceptors (Lipinski definition) is 1. The summed E-state index contributed by atoms with van der Waals surface area (Å²) < 4.78 is 0. The molecule has 0 saturated carbocycles. The second kappa shape index (κ2) is 3.72. The van der Waals surface area contributed by atoms with Gasteiger partial charge >= 0.3 is 0 Å². The third kappa shape index (κ3) is 2.08. The standard InChI is InChI=1S/C11H17N/c1-8(2)11(12)10-6-4-5-9(3)7-10/h4-8,11H,12H2,1-3H3/t11-/m1/s1. The molecular formula is C11H17N. The predicted octanol–water partition coefficient (Wildman–Crippen LogP) is 2.65. The van der Waals surface area contributed by atoms with Crippen molar-refractivity contribution in [2.24, 2.45) is 11.7 Å². The zero-order valence-electron chi connectivity index (χ0n) is 8.04. The Labute approximate surface area is 74.6 Å². The normalized spacial score (nSPS) is 13.4. The first kappa shape index (κ1) is 9.27. The van der Waals surface area contributed by atoms with Gasteiger partial charge in [0, 0.05) is 6.04 Å². The summed E-state index contributed by atoms with van der Waals surface area (Å²) in [6.07, 6.45) is 0. The van der Waals surface area contributed by atoms with Gasteiger partial charge in [-0.1, -0.05) is 43.7 Å². The van der Waals surface area contributed by atoms with E-state index >= 15 is 0 Å². The zero-order chi connectivity index (χ0) is 9.14. The van der Waals surface area contributed by atoms with Gasteiger partial charge in [-0.25, -0.2) is 0 Å². The Hall–Kier alpha value is -0.820. The maximum absolute atomic E-state index is 6.01. The molecule has 1 heteroatoms. The molecule has 0 heterocycles. The fourth-order valence-electron chi connectivity index (χ4n) is 1.26. The minimum atomic E-state index is 0.171. The van der Waals surface area contributed by atoms with Gasteiger partial charge in [-0.3, -0.25) is 0 Å². The van der Waals surface area contributed by atoms with E-state index in [1.165, 1.54) is 11.1 Å². The number of aryl methyl sites for hydroxylation is 1. The van der Waals surface area contributed by atoms with Crippen molar-refractivity contribution in [1.29, 1.82) is 0 Å². The van der Waals surface area contributed by atoms with E-state index in [0.717, 1.165) is 0 Å². The van der Waals surface area contributed by atoms with Crippen LogP contribution in [0, 0.1) is 12.8 Å². The van der Waals surface area contributed by atoms with Crippen molar-refractivity contribution in [2.45, 2.75) is 26.8 Å². The summed E-state index contributed by atoms with van der Waals surface area (Å²) in [6, 6.07) is 8.58. The summed E-state index contributed by atoms with van der Waals surface area (Å²) in [5.74, 6) is 0.506. The Balaban J connectivity index is 2.88. The van der Waals surface area contributed by atoms with Crippen LogP contribution in [0.15, 0.2) is 24.3 Å². The van der Waals surface area contributed by atoms with Gasteiger partial charge in [-0.05, 0) is 18.4 Å². The number of hydrogen-bond donors (Lipinski definition) is 1. The third-order valence-corrected chi connectivity index (χ3v) is 2.15. The van der Waals surface area contributed by atoms with Gasteiger partial charge in [-0.2, -0.15) is 0 Å². The van der Waals surface area contributed by atoms with Crippen LogP contribution in [0.4, 0.5) is 0 Å². The average molecular weight is 163 g/mol. The molecule has 0 bridgehead atoms. The van der Waals surface area contributed by atoms with Crippen LogP contribution in [0.1, 0.15) is 31.0 Å². The molecule has 0 fully saturated rings. The lowest BCUT2D eigenvalue weighted by Crippen LogP contribution is -2.16. The summed E-state index contributed by atoms with van der Waals surface area (Å²) >= 11 is 0. The molecule has 0 aromatic heterocycles. The fourth-order valence-corrected chi connectivity index (χ4v) is 1.26. The number of benzene rings is 1. The molecule has 1 aromatic carbocycles. The molecule has 2 N–H and O–H groups in total. The highest BCUT2D eigenvalue weighted by Crippen LogP contribution is 2.19. The van der Waals surface area contributed by atoms with Crippen LogP contribution in [0.5, 0.6) is 0 Å². The quantitative estimate of drug-likeness (QED) is 0.712. The van der Waals surface area contributed by atoms with Gasteiger partial charge in [0.15, 0.2) is 0 Å². The van der Waals surface area contributed by atoms with E-state index in [1.54, 1.807) is 0 Å². The van der Waals surface area contributed by atoms with Crippen molar-refractivity contribution in [2.75, 3.05) is 0 Å². The molecule has 1 nitrogen and oxygen atoms in total. The van der Waals surface area contributed by atoms with E-state index in [4.69, 9.17) is 5.73 Å². The van der Waals surface area contributed by atoms with E-state index in [0.29, 0.717) is 5.92 Å². The van der Waals surface area contributed by atoms with Gasteiger partial charge in [-0.15, -0.1) is 0 Å². The second-order valence-corrected chi connectivity index (χ2v) is 3.68. The molecule has 0 aliphatic heterocycles.